The van der Waals surface area contributed by atoms with Gasteiger partial charge >= 0.3 is 0 Å². The maximum absolute atomic E-state index is 12.8. The molecule has 6 nitrogen and oxygen atoms in total. The molecule has 0 bridgehead atoms. The third kappa shape index (κ3) is 2.97. The van der Waals surface area contributed by atoms with Gasteiger partial charge in [-0.1, -0.05) is 18.2 Å². The van der Waals surface area contributed by atoms with Gasteiger partial charge < -0.3 is 14.2 Å². The van der Waals surface area contributed by atoms with Crippen molar-refractivity contribution in [1.82, 2.24) is 19.4 Å². The number of carbonyl (C=O) groups excluding carboxylic acids is 1. The van der Waals surface area contributed by atoms with E-state index in [0.717, 1.165) is 51.4 Å². The second-order valence-electron chi connectivity index (χ2n) is 7.96. The van der Waals surface area contributed by atoms with Gasteiger partial charge in [-0.05, 0) is 24.6 Å². The Morgan fingerprint density at radius 1 is 1.22 bits per heavy atom. The van der Waals surface area contributed by atoms with Crippen molar-refractivity contribution in [2.75, 3.05) is 33.4 Å². The number of hydrogen-bond acceptors (Lipinski definition) is 4. The first kappa shape index (κ1) is 17.0. The zero-order valence-electron chi connectivity index (χ0n) is 15.9. The summed E-state index contributed by atoms with van der Waals surface area (Å²) in [5.74, 6) is 1.39. The van der Waals surface area contributed by atoms with E-state index in [1.54, 1.807) is 0 Å². The van der Waals surface area contributed by atoms with Crippen molar-refractivity contribution < 1.29 is 9.53 Å². The molecule has 0 spiro atoms. The Balaban J connectivity index is 1.41. The van der Waals surface area contributed by atoms with Crippen LogP contribution in [0.1, 0.15) is 23.4 Å². The lowest BCUT2D eigenvalue weighted by Crippen LogP contribution is -2.38. The van der Waals surface area contributed by atoms with Crippen LogP contribution in [0.5, 0.6) is 0 Å². The molecule has 1 aromatic heterocycles. The molecule has 0 saturated carbocycles. The number of imidazole rings is 1. The van der Waals surface area contributed by atoms with E-state index < -0.39 is 0 Å². The highest BCUT2D eigenvalue weighted by Gasteiger charge is 2.30. The Kier molecular flexibility index (Phi) is 4.25. The topological polar surface area (TPSA) is 50.6 Å². The highest BCUT2D eigenvalue weighted by Crippen LogP contribution is 2.33. The van der Waals surface area contributed by atoms with E-state index in [1.165, 1.54) is 22.4 Å². The maximum atomic E-state index is 12.8. The minimum atomic E-state index is 0.0443. The fourth-order valence-corrected chi connectivity index (χ4v) is 4.68. The number of benzene rings is 1. The van der Waals surface area contributed by atoms with Gasteiger partial charge in [0.05, 0.1) is 24.4 Å². The van der Waals surface area contributed by atoms with Crippen molar-refractivity contribution in [2.24, 2.45) is 5.92 Å². The quantitative estimate of drug-likeness (QED) is 0.815. The van der Waals surface area contributed by atoms with Crippen LogP contribution in [0.15, 0.2) is 24.4 Å². The monoisotopic (exact) mass is 366 g/mol. The first-order valence-corrected chi connectivity index (χ1v) is 9.91. The number of aromatic nitrogens is 2. The van der Waals surface area contributed by atoms with Crippen LogP contribution in [0.4, 0.5) is 0 Å². The fourth-order valence-electron chi connectivity index (χ4n) is 4.68. The highest BCUT2D eigenvalue weighted by molar-refractivity contribution is 5.79. The molecule has 4 heterocycles. The second kappa shape index (κ2) is 6.77. The standard InChI is InChI=1S/C21H26N4O2/c1-23-12-15-3-2-4-17(18(15)13-23)19-11-22-20-5-7-24(8-9-25(19)20)21(26)16-6-10-27-14-16/h2-4,11,16H,5-10,12-14H2,1H3. The third-order valence-electron chi connectivity index (χ3n) is 6.14. The molecule has 6 heteroatoms. The number of rotatable bonds is 2. The van der Waals surface area contributed by atoms with Crippen LogP contribution >= 0.6 is 0 Å². The third-order valence-corrected chi connectivity index (χ3v) is 6.14. The largest absolute Gasteiger partial charge is 0.381 e. The Morgan fingerprint density at radius 3 is 3.00 bits per heavy atom. The number of hydrogen-bond donors (Lipinski definition) is 0. The molecule has 1 atom stereocenters. The summed E-state index contributed by atoms with van der Waals surface area (Å²) in [5.41, 5.74) is 5.32. The van der Waals surface area contributed by atoms with E-state index in [2.05, 4.69) is 34.7 Å². The molecule has 1 amide bonds. The second-order valence-corrected chi connectivity index (χ2v) is 7.96. The van der Waals surface area contributed by atoms with E-state index in [4.69, 9.17) is 9.72 Å². The van der Waals surface area contributed by atoms with Crippen molar-refractivity contribution >= 4 is 5.91 Å². The Morgan fingerprint density at radius 2 is 2.15 bits per heavy atom. The van der Waals surface area contributed by atoms with E-state index in [-0.39, 0.29) is 11.8 Å². The Bertz CT molecular complexity index is 869. The van der Waals surface area contributed by atoms with Crippen LogP contribution in [-0.4, -0.2) is 58.6 Å². The van der Waals surface area contributed by atoms with Gasteiger partial charge in [-0.25, -0.2) is 4.98 Å². The minimum Gasteiger partial charge on any atom is -0.381 e. The van der Waals surface area contributed by atoms with Gasteiger partial charge in [0.15, 0.2) is 0 Å². The summed E-state index contributed by atoms with van der Waals surface area (Å²) in [6.45, 7) is 5.60. The SMILES string of the molecule is CN1Cc2cccc(-c3cnc4n3CCN(C(=O)C3CCOC3)CC4)c2C1. The van der Waals surface area contributed by atoms with Crippen molar-refractivity contribution in [1.29, 1.82) is 0 Å². The lowest BCUT2D eigenvalue weighted by atomic mass is 10.0. The summed E-state index contributed by atoms with van der Waals surface area (Å²) in [7, 11) is 2.16. The molecular weight excluding hydrogens is 340 g/mol. The molecule has 5 rings (SSSR count). The average molecular weight is 366 g/mol. The summed E-state index contributed by atoms with van der Waals surface area (Å²) >= 11 is 0. The van der Waals surface area contributed by atoms with E-state index in [1.807, 2.05) is 11.1 Å². The van der Waals surface area contributed by atoms with Crippen molar-refractivity contribution in [3.05, 3.63) is 41.3 Å². The van der Waals surface area contributed by atoms with Crippen LogP contribution < -0.4 is 0 Å². The molecule has 142 valence electrons. The van der Waals surface area contributed by atoms with Gasteiger partial charge in [0.25, 0.3) is 0 Å². The minimum absolute atomic E-state index is 0.0443. The average Bonchev–Trinajstić information content (AvgIpc) is 3.38. The van der Waals surface area contributed by atoms with Crippen LogP contribution in [-0.2, 0) is 35.6 Å². The first-order valence-electron chi connectivity index (χ1n) is 9.91. The van der Waals surface area contributed by atoms with Crippen molar-refractivity contribution in [3.8, 4) is 11.3 Å². The summed E-state index contributed by atoms with van der Waals surface area (Å²) in [6.07, 6.45) is 3.69. The Hall–Kier alpha value is -2.18. The fraction of sp³-hybridized carbons (Fsp3) is 0.524. The number of fused-ring (bicyclic) bond motifs is 2. The molecule has 3 aliphatic rings. The van der Waals surface area contributed by atoms with Gasteiger partial charge in [-0.15, -0.1) is 0 Å². The molecule has 2 aromatic rings. The predicted octanol–water partition coefficient (Wildman–Crippen LogP) is 1.92. The lowest BCUT2D eigenvalue weighted by molar-refractivity contribution is -0.135. The number of carbonyl (C=O) groups is 1. The zero-order valence-corrected chi connectivity index (χ0v) is 15.9. The molecule has 1 saturated heterocycles. The molecule has 27 heavy (non-hydrogen) atoms. The highest BCUT2D eigenvalue weighted by atomic mass is 16.5. The molecule has 0 N–H and O–H groups in total. The number of nitrogens with zero attached hydrogens (tertiary/aromatic N) is 4. The predicted molar refractivity (Wildman–Crippen MR) is 102 cm³/mol. The summed E-state index contributed by atoms with van der Waals surface area (Å²) in [6, 6.07) is 6.60. The van der Waals surface area contributed by atoms with Crippen molar-refractivity contribution in [2.45, 2.75) is 32.5 Å². The van der Waals surface area contributed by atoms with Crippen LogP contribution in [0.2, 0.25) is 0 Å². The molecule has 3 aliphatic heterocycles. The van der Waals surface area contributed by atoms with E-state index >= 15 is 0 Å². The van der Waals surface area contributed by atoms with Gasteiger partial charge in [0.1, 0.15) is 5.82 Å². The van der Waals surface area contributed by atoms with Gasteiger partial charge in [0.2, 0.25) is 5.91 Å². The smallest absolute Gasteiger partial charge is 0.228 e. The molecule has 1 fully saturated rings. The van der Waals surface area contributed by atoms with E-state index in [0.29, 0.717) is 13.2 Å². The number of ether oxygens (including phenoxy) is 1. The number of amides is 1. The first-order chi connectivity index (χ1) is 13.2. The zero-order chi connectivity index (χ0) is 18.4. The van der Waals surface area contributed by atoms with Crippen LogP contribution in [0.25, 0.3) is 11.3 Å². The van der Waals surface area contributed by atoms with Crippen LogP contribution in [0.3, 0.4) is 0 Å². The van der Waals surface area contributed by atoms with Gasteiger partial charge in [-0.3, -0.25) is 9.69 Å². The van der Waals surface area contributed by atoms with Crippen LogP contribution in [0, 0.1) is 5.92 Å². The summed E-state index contributed by atoms with van der Waals surface area (Å²) < 4.78 is 7.73. The molecular formula is C21H26N4O2. The van der Waals surface area contributed by atoms with Gasteiger partial charge in [0, 0.05) is 51.3 Å². The van der Waals surface area contributed by atoms with E-state index in [9.17, 15) is 4.79 Å². The molecule has 1 aromatic carbocycles. The normalized spacial score (nSPS) is 22.6. The molecule has 0 radical (unpaired) electrons. The molecule has 1 unspecified atom stereocenters. The lowest BCUT2D eigenvalue weighted by Gasteiger charge is -2.23. The van der Waals surface area contributed by atoms with Gasteiger partial charge in [-0.2, -0.15) is 0 Å². The molecule has 0 aliphatic carbocycles. The van der Waals surface area contributed by atoms with Crippen molar-refractivity contribution in [3.63, 3.8) is 0 Å². The Labute approximate surface area is 159 Å². The summed E-state index contributed by atoms with van der Waals surface area (Å²) in [5, 5.41) is 0. The maximum Gasteiger partial charge on any atom is 0.228 e. The summed E-state index contributed by atoms with van der Waals surface area (Å²) in [4.78, 5) is 21.9.